The van der Waals surface area contributed by atoms with Gasteiger partial charge in [0, 0.05) is 12.2 Å². The third-order valence-electron chi connectivity index (χ3n) is 3.10. The van der Waals surface area contributed by atoms with Crippen molar-refractivity contribution in [3.8, 4) is 0 Å². The van der Waals surface area contributed by atoms with Crippen LogP contribution in [0.4, 0.5) is 0 Å². The molecule has 0 saturated heterocycles. The van der Waals surface area contributed by atoms with Gasteiger partial charge in [-0.2, -0.15) is 0 Å². The van der Waals surface area contributed by atoms with E-state index in [-0.39, 0.29) is 5.54 Å². The number of aromatic nitrogens is 1. The highest BCUT2D eigenvalue weighted by atomic mass is 14.8. The summed E-state index contributed by atoms with van der Waals surface area (Å²) in [5.74, 6) is 0. The van der Waals surface area contributed by atoms with Crippen LogP contribution in [-0.4, -0.2) is 11.0 Å². The highest BCUT2D eigenvalue weighted by Gasteiger charge is 2.32. The molecule has 0 bridgehead atoms. The summed E-state index contributed by atoms with van der Waals surface area (Å²) in [6.07, 6.45) is 5.72. The van der Waals surface area contributed by atoms with Gasteiger partial charge in [0.1, 0.15) is 0 Å². The van der Waals surface area contributed by atoms with E-state index in [1.54, 1.807) is 6.20 Å². The molecule has 0 aliphatic heterocycles. The van der Waals surface area contributed by atoms with Crippen LogP contribution in [0.2, 0.25) is 0 Å². The lowest BCUT2D eigenvalue weighted by atomic mass is 9.78. The quantitative estimate of drug-likeness (QED) is 0.699. The van der Waals surface area contributed by atoms with Crippen molar-refractivity contribution in [2.24, 2.45) is 11.5 Å². The third kappa shape index (κ3) is 1.79. The first-order valence-electron chi connectivity index (χ1n) is 5.17. The molecule has 0 aromatic carbocycles. The molecule has 1 fully saturated rings. The molecule has 0 spiro atoms. The van der Waals surface area contributed by atoms with Crippen molar-refractivity contribution in [1.82, 2.24) is 4.98 Å². The largest absolute Gasteiger partial charge is 0.328 e. The van der Waals surface area contributed by atoms with Crippen LogP contribution in [0.25, 0.3) is 0 Å². The van der Waals surface area contributed by atoms with Gasteiger partial charge in [0.05, 0.1) is 11.2 Å². The predicted octanol–water partition coefficient (Wildman–Crippen LogP) is 1.14. The Morgan fingerprint density at radius 1 is 1.29 bits per heavy atom. The summed E-state index contributed by atoms with van der Waals surface area (Å²) < 4.78 is 0. The van der Waals surface area contributed by atoms with Crippen LogP contribution in [0.1, 0.15) is 31.4 Å². The topological polar surface area (TPSA) is 64.9 Å². The maximum Gasteiger partial charge on any atom is 0.0602 e. The molecule has 0 atom stereocenters. The minimum Gasteiger partial charge on any atom is -0.328 e. The lowest BCUT2D eigenvalue weighted by molar-refractivity contribution is 0.271. The minimum absolute atomic E-state index is 0.239. The Morgan fingerprint density at radius 3 is 2.57 bits per heavy atom. The average molecular weight is 191 g/mol. The van der Waals surface area contributed by atoms with E-state index in [9.17, 15) is 0 Å². The molecule has 1 aromatic rings. The summed E-state index contributed by atoms with van der Waals surface area (Å²) in [6, 6.07) is 6.25. The molecule has 3 heteroatoms. The number of hydrogen-bond acceptors (Lipinski definition) is 3. The van der Waals surface area contributed by atoms with Crippen LogP contribution in [0.15, 0.2) is 24.4 Å². The second-order valence-corrected chi connectivity index (χ2v) is 4.21. The molecule has 14 heavy (non-hydrogen) atoms. The molecule has 0 radical (unpaired) electrons. The van der Waals surface area contributed by atoms with Gasteiger partial charge in [-0.3, -0.25) is 4.98 Å². The molecule has 0 unspecified atom stereocenters. The molecule has 1 saturated carbocycles. The number of rotatable bonds is 1. The second-order valence-electron chi connectivity index (χ2n) is 4.21. The molecule has 76 valence electrons. The maximum atomic E-state index is 6.32. The number of pyridine rings is 1. The van der Waals surface area contributed by atoms with Crippen molar-refractivity contribution in [3.63, 3.8) is 0 Å². The summed E-state index contributed by atoms with van der Waals surface area (Å²) in [5, 5.41) is 0. The minimum atomic E-state index is -0.239. The van der Waals surface area contributed by atoms with E-state index in [1.165, 1.54) is 0 Å². The first kappa shape index (κ1) is 9.62. The monoisotopic (exact) mass is 191 g/mol. The van der Waals surface area contributed by atoms with Crippen molar-refractivity contribution < 1.29 is 0 Å². The molecule has 2 rings (SSSR count). The summed E-state index contributed by atoms with van der Waals surface area (Å²) >= 11 is 0. The Bertz CT molecular complexity index is 289. The first-order chi connectivity index (χ1) is 6.71. The van der Waals surface area contributed by atoms with E-state index in [4.69, 9.17) is 11.5 Å². The standard InChI is InChI=1S/C11H17N3/c12-9-4-6-11(13,7-5-9)10-3-1-2-8-14-10/h1-3,8-9H,4-7,12-13H2. The van der Waals surface area contributed by atoms with Crippen molar-refractivity contribution in [2.45, 2.75) is 37.3 Å². The van der Waals surface area contributed by atoms with Gasteiger partial charge in [-0.1, -0.05) is 6.07 Å². The SMILES string of the molecule is NC1CCC(N)(c2ccccn2)CC1. The molecular weight excluding hydrogens is 174 g/mol. The van der Waals surface area contributed by atoms with Crippen LogP contribution >= 0.6 is 0 Å². The van der Waals surface area contributed by atoms with Gasteiger partial charge < -0.3 is 11.5 Å². The number of hydrogen-bond donors (Lipinski definition) is 2. The van der Waals surface area contributed by atoms with Crippen LogP contribution in [-0.2, 0) is 5.54 Å². The highest BCUT2D eigenvalue weighted by Crippen LogP contribution is 2.32. The van der Waals surface area contributed by atoms with Gasteiger partial charge in [-0.05, 0) is 37.8 Å². The molecule has 0 amide bonds. The van der Waals surface area contributed by atoms with Crippen LogP contribution in [0.5, 0.6) is 0 Å². The fourth-order valence-electron chi connectivity index (χ4n) is 2.07. The van der Waals surface area contributed by atoms with Gasteiger partial charge in [-0.15, -0.1) is 0 Å². The van der Waals surface area contributed by atoms with Gasteiger partial charge in [0.15, 0.2) is 0 Å². The van der Waals surface area contributed by atoms with Crippen molar-refractivity contribution in [2.75, 3.05) is 0 Å². The Labute approximate surface area is 84.5 Å². The molecular formula is C11H17N3. The first-order valence-corrected chi connectivity index (χ1v) is 5.17. The summed E-state index contributed by atoms with van der Waals surface area (Å²) in [4.78, 5) is 4.33. The smallest absolute Gasteiger partial charge is 0.0602 e. The lowest BCUT2D eigenvalue weighted by Gasteiger charge is -2.35. The summed E-state index contributed by atoms with van der Waals surface area (Å²) in [6.45, 7) is 0. The van der Waals surface area contributed by atoms with Crippen molar-refractivity contribution in [3.05, 3.63) is 30.1 Å². The van der Waals surface area contributed by atoms with Gasteiger partial charge in [-0.25, -0.2) is 0 Å². The van der Waals surface area contributed by atoms with Gasteiger partial charge >= 0.3 is 0 Å². The Balaban J connectivity index is 2.17. The highest BCUT2D eigenvalue weighted by molar-refractivity contribution is 5.16. The Hall–Kier alpha value is -0.930. The second kappa shape index (κ2) is 3.67. The molecule has 1 aliphatic carbocycles. The van der Waals surface area contributed by atoms with Crippen LogP contribution in [0.3, 0.4) is 0 Å². The fraction of sp³-hybridized carbons (Fsp3) is 0.545. The Morgan fingerprint density at radius 2 is 2.00 bits per heavy atom. The number of nitrogens with two attached hydrogens (primary N) is 2. The van der Waals surface area contributed by atoms with E-state index in [0.29, 0.717) is 6.04 Å². The zero-order valence-electron chi connectivity index (χ0n) is 8.32. The summed E-state index contributed by atoms with van der Waals surface area (Å²) in [7, 11) is 0. The molecule has 3 nitrogen and oxygen atoms in total. The Kier molecular flexibility index (Phi) is 2.52. The fourth-order valence-corrected chi connectivity index (χ4v) is 2.07. The van der Waals surface area contributed by atoms with Crippen molar-refractivity contribution in [1.29, 1.82) is 0 Å². The van der Waals surface area contributed by atoms with E-state index in [0.717, 1.165) is 31.4 Å². The van der Waals surface area contributed by atoms with Gasteiger partial charge in [0.2, 0.25) is 0 Å². The molecule has 1 aliphatic rings. The summed E-state index contributed by atoms with van der Waals surface area (Å²) in [5.41, 5.74) is 12.9. The van der Waals surface area contributed by atoms with E-state index in [1.807, 2.05) is 18.2 Å². The molecule has 4 N–H and O–H groups in total. The van der Waals surface area contributed by atoms with E-state index in [2.05, 4.69) is 4.98 Å². The number of nitrogens with zero attached hydrogens (tertiary/aromatic N) is 1. The normalized spacial score (nSPS) is 32.9. The third-order valence-corrected chi connectivity index (χ3v) is 3.10. The zero-order chi connectivity index (χ0) is 10.0. The lowest BCUT2D eigenvalue weighted by Crippen LogP contribution is -2.44. The van der Waals surface area contributed by atoms with Crippen molar-refractivity contribution >= 4 is 0 Å². The molecule has 1 aromatic heterocycles. The van der Waals surface area contributed by atoms with Gasteiger partial charge in [0.25, 0.3) is 0 Å². The molecule has 1 heterocycles. The van der Waals surface area contributed by atoms with Crippen LogP contribution in [0, 0.1) is 0 Å². The predicted molar refractivity (Wildman–Crippen MR) is 56.5 cm³/mol. The maximum absolute atomic E-state index is 6.32. The zero-order valence-corrected chi connectivity index (χ0v) is 8.32. The van der Waals surface area contributed by atoms with Crippen LogP contribution < -0.4 is 11.5 Å². The average Bonchev–Trinajstić information content (AvgIpc) is 2.24. The van der Waals surface area contributed by atoms with E-state index >= 15 is 0 Å². The van der Waals surface area contributed by atoms with E-state index < -0.39 is 0 Å².